The molecule has 0 aliphatic rings. The van der Waals surface area contributed by atoms with E-state index in [-0.39, 0.29) is 5.82 Å². The van der Waals surface area contributed by atoms with Gasteiger partial charge in [-0.3, -0.25) is 4.79 Å². The largest absolute Gasteiger partial charge is 0.497 e. The smallest absolute Gasteiger partial charge is 0.295 e. The number of benzene rings is 3. The highest BCUT2D eigenvalue weighted by Gasteiger charge is 2.20. The zero-order valence-corrected chi connectivity index (χ0v) is 17.9. The van der Waals surface area contributed by atoms with Crippen LogP contribution in [0.5, 0.6) is 17.2 Å². The standard InChI is InChI=1S/C24H22N4O4/c1-30-18-11-9-17(10-12-18)28-23(16-7-5-4-6-8-16)26-22(27-28)24(29)25-20-15-19(31-2)13-14-21(20)32-3/h4-15H,1-3H3,(H,25,29). The van der Waals surface area contributed by atoms with Crippen LogP contribution in [-0.4, -0.2) is 42.0 Å². The van der Waals surface area contributed by atoms with Crippen molar-refractivity contribution in [2.45, 2.75) is 0 Å². The van der Waals surface area contributed by atoms with E-state index in [0.29, 0.717) is 23.0 Å². The summed E-state index contributed by atoms with van der Waals surface area (Å²) in [5.74, 6) is 1.89. The molecule has 0 saturated heterocycles. The van der Waals surface area contributed by atoms with Crippen LogP contribution >= 0.6 is 0 Å². The summed E-state index contributed by atoms with van der Waals surface area (Å²) >= 11 is 0. The maximum Gasteiger partial charge on any atom is 0.295 e. The van der Waals surface area contributed by atoms with E-state index in [1.165, 1.54) is 7.11 Å². The van der Waals surface area contributed by atoms with E-state index in [4.69, 9.17) is 14.2 Å². The third-order valence-corrected chi connectivity index (χ3v) is 4.81. The van der Waals surface area contributed by atoms with Gasteiger partial charge in [0.2, 0.25) is 5.82 Å². The summed E-state index contributed by atoms with van der Waals surface area (Å²) in [5, 5.41) is 7.30. The lowest BCUT2D eigenvalue weighted by molar-refractivity contribution is 0.101. The Morgan fingerprint density at radius 2 is 1.53 bits per heavy atom. The second-order valence-corrected chi connectivity index (χ2v) is 6.76. The number of nitrogens with one attached hydrogen (secondary N) is 1. The maximum atomic E-state index is 13.0. The van der Waals surface area contributed by atoms with E-state index in [2.05, 4.69) is 15.4 Å². The number of methoxy groups -OCH3 is 3. The number of rotatable bonds is 7. The molecular formula is C24H22N4O4. The molecule has 4 rings (SSSR count). The number of ether oxygens (including phenoxy) is 3. The predicted molar refractivity (Wildman–Crippen MR) is 121 cm³/mol. The number of hydrogen-bond acceptors (Lipinski definition) is 6. The van der Waals surface area contributed by atoms with Crippen LogP contribution in [0.4, 0.5) is 5.69 Å². The first-order valence-electron chi connectivity index (χ1n) is 9.83. The monoisotopic (exact) mass is 430 g/mol. The van der Waals surface area contributed by atoms with Crippen molar-refractivity contribution >= 4 is 11.6 Å². The van der Waals surface area contributed by atoms with Crippen molar-refractivity contribution < 1.29 is 19.0 Å². The normalized spacial score (nSPS) is 10.5. The SMILES string of the molecule is COc1ccc(-n2nc(C(=O)Nc3cc(OC)ccc3OC)nc2-c2ccccc2)cc1. The number of anilines is 1. The van der Waals surface area contributed by atoms with E-state index in [1.807, 2.05) is 54.6 Å². The first-order valence-corrected chi connectivity index (χ1v) is 9.83. The van der Waals surface area contributed by atoms with Gasteiger partial charge in [-0.1, -0.05) is 30.3 Å². The lowest BCUT2D eigenvalue weighted by Gasteiger charge is -2.10. The van der Waals surface area contributed by atoms with Gasteiger partial charge in [-0.15, -0.1) is 5.10 Å². The van der Waals surface area contributed by atoms with Crippen LogP contribution in [0.3, 0.4) is 0 Å². The molecule has 1 N–H and O–H groups in total. The Morgan fingerprint density at radius 1 is 0.844 bits per heavy atom. The number of carbonyl (C=O) groups excluding carboxylic acids is 1. The summed E-state index contributed by atoms with van der Waals surface area (Å²) in [4.78, 5) is 17.6. The molecule has 0 radical (unpaired) electrons. The maximum absolute atomic E-state index is 13.0. The van der Waals surface area contributed by atoms with Gasteiger partial charge in [-0.2, -0.15) is 0 Å². The fourth-order valence-electron chi connectivity index (χ4n) is 3.18. The van der Waals surface area contributed by atoms with Crippen molar-refractivity contribution in [2.75, 3.05) is 26.6 Å². The Balaban J connectivity index is 1.73. The molecule has 3 aromatic carbocycles. The molecule has 0 saturated carbocycles. The minimum absolute atomic E-state index is 0.0181. The van der Waals surface area contributed by atoms with Crippen LogP contribution in [0.2, 0.25) is 0 Å². The van der Waals surface area contributed by atoms with Crippen molar-refractivity contribution in [3.05, 3.63) is 78.6 Å². The van der Waals surface area contributed by atoms with E-state index in [9.17, 15) is 4.79 Å². The Morgan fingerprint density at radius 3 is 2.19 bits per heavy atom. The third kappa shape index (κ3) is 4.24. The zero-order chi connectivity index (χ0) is 22.5. The van der Waals surface area contributed by atoms with Crippen molar-refractivity contribution in [2.24, 2.45) is 0 Å². The quantitative estimate of drug-likeness (QED) is 0.473. The van der Waals surface area contributed by atoms with Gasteiger partial charge in [-0.25, -0.2) is 9.67 Å². The van der Waals surface area contributed by atoms with Gasteiger partial charge in [0.05, 0.1) is 32.7 Å². The Hall–Kier alpha value is -4.33. The first-order chi connectivity index (χ1) is 15.6. The fourth-order valence-corrected chi connectivity index (χ4v) is 3.18. The average Bonchev–Trinajstić information content (AvgIpc) is 3.30. The van der Waals surface area contributed by atoms with Gasteiger partial charge in [-0.05, 0) is 36.4 Å². The van der Waals surface area contributed by atoms with Crippen LogP contribution in [-0.2, 0) is 0 Å². The second-order valence-electron chi connectivity index (χ2n) is 6.76. The molecule has 0 fully saturated rings. The molecule has 0 bridgehead atoms. The minimum atomic E-state index is -0.471. The summed E-state index contributed by atoms with van der Waals surface area (Å²) in [6, 6.07) is 22.1. The van der Waals surface area contributed by atoms with E-state index >= 15 is 0 Å². The number of hydrogen-bond donors (Lipinski definition) is 1. The third-order valence-electron chi connectivity index (χ3n) is 4.81. The van der Waals surface area contributed by atoms with E-state index in [0.717, 1.165) is 17.0 Å². The van der Waals surface area contributed by atoms with Crippen LogP contribution < -0.4 is 19.5 Å². The molecule has 1 amide bonds. The molecule has 0 unspecified atom stereocenters. The lowest BCUT2D eigenvalue weighted by atomic mass is 10.2. The molecule has 0 aliphatic heterocycles. The first kappa shape index (κ1) is 20.9. The summed E-state index contributed by atoms with van der Waals surface area (Å²) in [7, 11) is 4.69. The molecule has 4 aromatic rings. The zero-order valence-electron chi connectivity index (χ0n) is 17.9. The average molecular weight is 430 g/mol. The molecule has 162 valence electrons. The van der Waals surface area contributed by atoms with Gasteiger partial charge in [0.25, 0.3) is 5.91 Å². The molecule has 0 atom stereocenters. The van der Waals surface area contributed by atoms with Crippen molar-refractivity contribution in [1.82, 2.24) is 14.8 Å². The Bertz CT molecular complexity index is 1220. The van der Waals surface area contributed by atoms with Gasteiger partial charge in [0.1, 0.15) is 17.2 Å². The molecule has 1 heterocycles. The topological polar surface area (TPSA) is 87.5 Å². The molecule has 1 aromatic heterocycles. The number of carbonyl (C=O) groups is 1. The fraction of sp³-hybridized carbons (Fsp3) is 0.125. The van der Waals surface area contributed by atoms with Crippen LogP contribution in [0, 0.1) is 0 Å². The number of aromatic nitrogens is 3. The van der Waals surface area contributed by atoms with E-state index < -0.39 is 5.91 Å². The highest BCUT2D eigenvalue weighted by atomic mass is 16.5. The molecule has 32 heavy (non-hydrogen) atoms. The summed E-state index contributed by atoms with van der Waals surface area (Å²) < 4.78 is 17.5. The summed E-state index contributed by atoms with van der Waals surface area (Å²) in [5.41, 5.74) is 2.03. The summed E-state index contributed by atoms with van der Waals surface area (Å²) in [6.07, 6.45) is 0. The number of amides is 1. The van der Waals surface area contributed by atoms with Crippen LogP contribution in [0.15, 0.2) is 72.8 Å². The van der Waals surface area contributed by atoms with E-state index in [1.54, 1.807) is 37.1 Å². The van der Waals surface area contributed by atoms with Crippen LogP contribution in [0.25, 0.3) is 17.1 Å². The second kappa shape index (κ2) is 9.22. The number of nitrogens with zero attached hydrogens (tertiary/aromatic N) is 3. The molecule has 0 aliphatic carbocycles. The lowest BCUT2D eigenvalue weighted by Crippen LogP contribution is -2.15. The molecule has 0 spiro atoms. The summed E-state index contributed by atoms with van der Waals surface area (Å²) in [6.45, 7) is 0. The Labute approximate surface area is 185 Å². The van der Waals surface area contributed by atoms with Gasteiger partial charge in [0.15, 0.2) is 5.82 Å². The van der Waals surface area contributed by atoms with Crippen molar-refractivity contribution in [3.8, 4) is 34.3 Å². The predicted octanol–water partition coefficient (Wildman–Crippen LogP) is 4.21. The van der Waals surface area contributed by atoms with Gasteiger partial charge in [0, 0.05) is 11.6 Å². The Kier molecular flexibility index (Phi) is 6.03. The van der Waals surface area contributed by atoms with Gasteiger partial charge >= 0.3 is 0 Å². The molecule has 8 nitrogen and oxygen atoms in total. The highest BCUT2D eigenvalue weighted by molar-refractivity contribution is 6.02. The molecular weight excluding hydrogens is 408 g/mol. The van der Waals surface area contributed by atoms with Gasteiger partial charge < -0.3 is 19.5 Å². The van der Waals surface area contributed by atoms with Crippen LogP contribution in [0.1, 0.15) is 10.6 Å². The molecule has 8 heteroatoms. The highest BCUT2D eigenvalue weighted by Crippen LogP contribution is 2.29. The van der Waals surface area contributed by atoms with Crippen molar-refractivity contribution in [1.29, 1.82) is 0 Å². The van der Waals surface area contributed by atoms with Crippen molar-refractivity contribution in [3.63, 3.8) is 0 Å². The minimum Gasteiger partial charge on any atom is -0.497 e.